The number of unbranched alkanes of at least 4 members (excludes halogenated alkanes) is 2. The summed E-state index contributed by atoms with van der Waals surface area (Å²) in [7, 11) is -1.95. The average molecular weight is 487 g/mol. The summed E-state index contributed by atoms with van der Waals surface area (Å²) in [6, 6.07) is 9.07. The Morgan fingerprint density at radius 1 is 1.21 bits per heavy atom. The van der Waals surface area contributed by atoms with E-state index in [9.17, 15) is 9.59 Å². The average Bonchev–Trinajstić information content (AvgIpc) is 3.27. The first-order valence-corrected chi connectivity index (χ1v) is 15.7. The van der Waals surface area contributed by atoms with E-state index in [0.29, 0.717) is 18.4 Å². The molecule has 1 saturated carbocycles. The summed E-state index contributed by atoms with van der Waals surface area (Å²) in [5, 5.41) is 0.127. The molecule has 0 unspecified atom stereocenters. The fraction of sp³-hybridized carbons (Fsp3) is 0.643. The Morgan fingerprint density at radius 3 is 2.56 bits per heavy atom. The van der Waals surface area contributed by atoms with Crippen LogP contribution in [0, 0.1) is 11.8 Å². The SMILES string of the molecule is CCCCC[C@@H](C=C[C@@H]1[C@H]2CC(=O)O[C@H]2C[C@H]1OC(=O)c1ccccc1)O[Si](C)(C)C(C)(C)C. The van der Waals surface area contributed by atoms with E-state index in [1.54, 1.807) is 12.1 Å². The zero-order valence-electron chi connectivity index (χ0n) is 21.7. The zero-order valence-corrected chi connectivity index (χ0v) is 22.7. The van der Waals surface area contributed by atoms with Gasteiger partial charge in [-0.2, -0.15) is 0 Å². The molecule has 5 atom stereocenters. The third kappa shape index (κ3) is 6.60. The van der Waals surface area contributed by atoms with Crippen molar-refractivity contribution in [1.82, 2.24) is 0 Å². The minimum Gasteiger partial charge on any atom is -0.462 e. The Hall–Kier alpha value is -1.92. The monoisotopic (exact) mass is 486 g/mol. The van der Waals surface area contributed by atoms with Gasteiger partial charge in [-0.05, 0) is 36.7 Å². The van der Waals surface area contributed by atoms with Crippen molar-refractivity contribution in [3.8, 4) is 0 Å². The van der Waals surface area contributed by atoms with Crippen LogP contribution in [0.1, 0.15) is 76.6 Å². The molecule has 3 rings (SSSR count). The van der Waals surface area contributed by atoms with Crippen LogP contribution in [0.4, 0.5) is 0 Å². The van der Waals surface area contributed by atoms with Gasteiger partial charge in [0.05, 0.1) is 18.1 Å². The van der Waals surface area contributed by atoms with E-state index in [1.165, 1.54) is 12.8 Å². The molecule has 188 valence electrons. The summed E-state index contributed by atoms with van der Waals surface area (Å²) >= 11 is 0. The lowest BCUT2D eigenvalue weighted by Gasteiger charge is -2.39. The summed E-state index contributed by atoms with van der Waals surface area (Å²) in [4.78, 5) is 24.8. The third-order valence-corrected chi connectivity index (χ3v) is 12.2. The van der Waals surface area contributed by atoms with Gasteiger partial charge in [-0.15, -0.1) is 0 Å². The van der Waals surface area contributed by atoms with E-state index in [2.05, 4.69) is 52.9 Å². The maximum Gasteiger partial charge on any atom is 0.338 e. The molecule has 34 heavy (non-hydrogen) atoms. The van der Waals surface area contributed by atoms with Gasteiger partial charge in [0.25, 0.3) is 0 Å². The number of rotatable bonds is 10. The molecule has 2 fully saturated rings. The number of benzene rings is 1. The van der Waals surface area contributed by atoms with Crippen molar-refractivity contribution in [3.63, 3.8) is 0 Å². The van der Waals surface area contributed by atoms with E-state index >= 15 is 0 Å². The van der Waals surface area contributed by atoms with E-state index in [0.717, 1.165) is 12.8 Å². The normalized spacial score (nSPS) is 25.9. The number of carbonyl (C=O) groups is 2. The van der Waals surface area contributed by atoms with Crippen LogP contribution in [0.15, 0.2) is 42.5 Å². The second-order valence-electron chi connectivity index (χ2n) is 11.3. The zero-order chi connectivity index (χ0) is 24.9. The quantitative estimate of drug-likeness (QED) is 0.160. The molecule has 6 heteroatoms. The molecule has 0 bridgehead atoms. The maximum absolute atomic E-state index is 12.8. The minimum atomic E-state index is -1.95. The van der Waals surface area contributed by atoms with Crippen molar-refractivity contribution >= 4 is 20.3 Å². The molecule has 0 amide bonds. The highest BCUT2D eigenvalue weighted by Crippen LogP contribution is 2.44. The van der Waals surface area contributed by atoms with E-state index in [1.807, 2.05) is 18.2 Å². The predicted octanol–water partition coefficient (Wildman–Crippen LogP) is 6.69. The van der Waals surface area contributed by atoms with Crippen molar-refractivity contribution in [3.05, 3.63) is 48.0 Å². The summed E-state index contributed by atoms with van der Waals surface area (Å²) < 4.78 is 18.3. The van der Waals surface area contributed by atoms with E-state index in [4.69, 9.17) is 13.9 Å². The predicted molar refractivity (Wildman–Crippen MR) is 137 cm³/mol. The smallest absolute Gasteiger partial charge is 0.338 e. The number of fused-ring (bicyclic) bond motifs is 1. The highest BCUT2D eigenvalue weighted by Gasteiger charge is 2.51. The summed E-state index contributed by atoms with van der Waals surface area (Å²) in [6.07, 6.45) is 9.22. The summed E-state index contributed by atoms with van der Waals surface area (Å²) in [5.74, 6) is -0.493. The Balaban J connectivity index is 1.78. The Bertz CT molecular complexity index is 857. The maximum atomic E-state index is 12.8. The van der Waals surface area contributed by atoms with Gasteiger partial charge < -0.3 is 13.9 Å². The topological polar surface area (TPSA) is 61.8 Å². The van der Waals surface area contributed by atoms with Gasteiger partial charge in [0.1, 0.15) is 12.2 Å². The lowest BCUT2D eigenvalue weighted by molar-refractivity contribution is -0.141. The number of carbonyl (C=O) groups excluding carboxylic acids is 2. The first-order chi connectivity index (χ1) is 16.0. The fourth-order valence-electron chi connectivity index (χ4n) is 4.67. The molecule has 0 spiro atoms. The molecule has 5 nitrogen and oxygen atoms in total. The van der Waals surface area contributed by atoms with Gasteiger partial charge in [0.15, 0.2) is 8.32 Å². The van der Waals surface area contributed by atoms with Crippen molar-refractivity contribution in [2.75, 3.05) is 0 Å². The van der Waals surface area contributed by atoms with Crippen LogP contribution >= 0.6 is 0 Å². The molecule has 0 radical (unpaired) electrons. The molecule has 1 heterocycles. The summed E-state index contributed by atoms with van der Waals surface area (Å²) in [6.45, 7) is 13.6. The highest BCUT2D eigenvalue weighted by atomic mass is 28.4. The van der Waals surface area contributed by atoms with E-state index < -0.39 is 8.32 Å². The highest BCUT2D eigenvalue weighted by molar-refractivity contribution is 6.74. The Morgan fingerprint density at radius 2 is 1.91 bits per heavy atom. The first-order valence-electron chi connectivity index (χ1n) is 12.8. The van der Waals surface area contributed by atoms with Crippen LogP contribution in [0.25, 0.3) is 0 Å². The number of hydrogen-bond acceptors (Lipinski definition) is 5. The molecule has 1 aliphatic carbocycles. The first kappa shape index (κ1) is 26.7. The number of ether oxygens (including phenoxy) is 2. The van der Waals surface area contributed by atoms with Crippen LogP contribution in [0.3, 0.4) is 0 Å². The van der Waals surface area contributed by atoms with Crippen LogP contribution in [-0.2, 0) is 18.7 Å². The van der Waals surface area contributed by atoms with Gasteiger partial charge in [-0.3, -0.25) is 4.79 Å². The van der Waals surface area contributed by atoms with Crippen molar-refractivity contribution in [1.29, 1.82) is 0 Å². The van der Waals surface area contributed by atoms with Crippen LogP contribution in [0.5, 0.6) is 0 Å². The molecule has 0 N–H and O–H groups in total. The van der Waals surface area contributed by atoms with Crippen molar-refractivity contribution < 1.29 is 23.5 Å². The van der Waals surface area contributed by atoms with Crippen LogP contribution in [0.2, 0.25) is 18.1 Å². The fourth-order valence-corrected chi connectivity index (χ4v) is 5.97. The van der Waals surface area contributed by atoms with Crippen LogP contribution in [-0.4, -0.2) is 38.6 Å². The second-order valence-corrected chi connectivity index (χ2v) is 16.1. The number of hydrogen-bond donors (Lipinski definition) is 0. The second kappa shape index (κ2) is 11.2. The summed E-state index contributed by atoms with van der Waals surface area (Å²) in [5.41, 5.74) is 0.540. The lowest BCUT2D eigenvalue weighted by atomic mass is 9.91. The lowest BCUT2D eigenvalue weighted by Crippen LogP contribution is -2.43. The molecule has 1 saturated heterocycles. The molecular formula is C28H42O5Si. The molecule has 1 aromatic carbocycles. The largest absolute Gasteiger partial charge is 0.462 e. The minimum absolute atomic E-state index is 0.0231. The van der Waals surface area contributed by atoms with Gasteiger partial charge in [-0.25, -0.2) is 4.79 Å². The van der Waals surface area contributed by atoms with E-state index in [-0.39, 0.29) is 47.1 Å². The van der Waals surface area contributed by atoms with Crippen molar-refractivity contribution in [2.45, 2.75) is 103 Å². The van der Waals surface area contributed by atoms with Gasteiger partial charge in [0, 0.05) is 18.3 Å². The Kier molecular flexibility index (Phi) is 8.80. The van der Waals surface area contributed by atoms with Crippen LogP contribution < -0.4 is 0 Å². The molecule has 2 aliphatic rings. The van der Waals surface area contributed by atoms with Gasteiger partial charge in [-0.1, -0.05) is 77.3 Å². The molecule has 1 aliphatic heterocycles. The molecular weight excluding hydrogens is 444 g/mol. The van der Waals surface area contributed by atoms with Crippen molar-refractivity contribution in [2.24, 2.45) is 11.8 Å². The Labute approximate surface area is 206 Å². The number of esters is 2. The van der Waals surface area contributed by atoms with Gasteiger partial charge >= 0.3 is 11.9 Å². The molecule has 0 aromatic heterocycles. The van der Waals surface area contributed by atoms with Gasteiger partial charge in [0.2, 0.25) is 0 Å². The third-order valence-electron chi connectivity index (χ3n) is 7.71. The standard InChI is InChI=1S/C28H42O5Si/c1-7-8-10-15-21(33-34(5,6)28(2,3)4)16-17-22-23-18-26(29)31-25(23)19-24(22)32-27(30)20-13-11-9-12-14-20/h9,11-14,16-17,21-25H,7-8,10,15,18-19H2,1-6H3/t21-,22+,23+,24+,25-/m0/s1. The molecule has 1 aromatic rings.